The van der Waals surface area contributed by atoms with Gasteiger partial charge in [0.05, 0.1) is 33.8 Å². The molecule has 0 bridgehead atoms. The Morgan fingerprint density at radius 2 is 0.972 bits per heavy atom. The predicted octanol–water partition coefficient (Wildman–Crippen LogP) is 17.2. The van der Waals surface area contributed by atoms with Crippen LogP contribution in [0.5, 0.6) is 0 Å². The summed E-state index contributed by atoms with van der Waals surface area (Å²) in [5.41, 5.74) is 0. The maximum atomic E-state index is 13.5. The molecule has 72 heavy (non-hydrogen) atoms. The highest BCUT2D eigenvalue weighted by Crippen LogP contribution is 2.43. The van der Waals surface area contributed by atoms with Crippen LogP contribution in [0.15, 0.2) is 122 Å². The number of rotatable bonds is 49. The van der Waals surface area contributed by atoms with Gasteiger partial charge >= 0.3 is 13.8 Å². The number of allylic oxidation sites excluding steroid dienone is 19. The van der Waals surface area contributed by atoms with Crippen molar-refractivity contribution in [1.29, 1.82) is 0 Å². The van der Waals surface area contributed by atoms with Crippen molar-refractivity contribution in [3.63, 3.8) is 0 Å². The Labute approximate surface area is 442 Å². The van der Waals surface area contributed by atoms with E-state index in [1.807, 2.05) is 45.4 Å². The molecular weight excluding hydrogens is 916 g/mol. The van der Waals surface area contributed by atoms with Crippen LogP contribution in [0.4, 0.5) is 0 Å². The third kappa shape index (κ3) is 51.3. The number of esters is 1. The molecule has 0 heterocycles. The molecule has 0 aromatic carbocycles. The predicted molar refractivity (Wildman–Crippen MR) is 309 cm³/mol. The first-order valence-corrected chi connectivity index (χ1v) is 29.9. The minimum absolute atomic E-state index is 0.0179. The van der Waals surface area contributed by atoms with Crippen LogP contribution in [0, 0.1) is 0 Å². The summed E-state index contributed by atoms with van der Waals surface area (Å²) >= 11 is 0. The van der Waals surface area contributed by atoms with Crippen LogP contribution >= 0.6 is 7.82 Å². The van der Waals surface area contributed by atoms with Crippen LogP contribution in [0.1, 0.15) is 207 Å². The van der Waals surface area contributed by atoms with Gasteiger partial charge in [-0.2, -0.15) is 0 Å². The van der Waals surface area contributed by atoms with E-state index in [9.17, 15) is 19.0 Å². The van der Waals surface area contributed by atoms with Crippen LogP contribution < -0.4 is 5.32 Å². The van der Waals surface area contributed by atoms with Crippen LogP contribution in [0.3, 0.4) is 0 Å². The maximum absolute atomic E-state index is 13.5. The fraction of sp³-hybridized carbons (Fsp3) is 0.645. The molecule has 0 fully saturated rings. The fourth-order valence-electron chi connectivity index (χ4n) is 7.37. The zero-order valence-corrected chi connectivity index (χ0v) is 47.5. The second-order valence-electron chi connectivity index (χ2n) is 19.8. The van der Waals surface area contributed by atoms with Gasteiger partial charge in [-0.1, -0.05) is 226 Å². The number of nitrogens with zero attached hydrogens (tertiary/aromatic N) is 1. The van der Waals surface area contributed by atoms with E-state index >= 15 is 0 Å². The molecule has 0 aliphatic carbocycles. The molecule has 0 aromatic heterocycles. The topological polar surface area (TPSA) is 111 Å². The van der Waals surface area contributed by atoms with E-state index in [2.05, 4.69) is 123 Å². The van der Waals surface area contributed by atoms with Gasteiger partial charge in [0, 0.05) is 12.8 Å². The van der Waals surface area contributed by atoms with Crippen molar-refractivity contribution in [2.45, 2.75) is 219 Å². The number of unbranched alkanes of at least 4 members (excludes halogenated alkanes) is 17. The van der Waals surface area contributed by atoms with Crippen molar-refractivity contribution in [1.82, 2.24) is 5.32 Å². The maximum Gasteiger partial charge on any atom is 0.472 e. The van der Waals surface area contributed by atoms with Crippen molar-refractivity contribution in [2.24, 2.45) is 0 Å². The highest BCUT2D eigenvalue weighted by Gasteiger charge is 2.30. The van der Waals surface area contributed by atoms with Gasteiger partial charge in [0.15, 0.2) is 0 Å². The molecule has 0 aliphatic rings. The first kappa shape index (κ1) is 68.4. The van der Waals surface area contributed by atoms with Gasteiger partial charge in [-0.25, -0.2) is 4.57 Å². The Balaban J connectivity index is 5.50. The summed E-state index contributed by atoms with van der Waals surface area (Å²) in [4.78, 5) is 37.5. The molecule has 3 unspecified atom stereocenters. The summed E-state index contributed by atoms with van der Waals surface area (Å²) in [5.74, 6) is -0.628. The number of phosphoric ester groups is 1. The SMILES string of the molecule is CC/C=C\C/C=C\C/C=C\C/C=C\C/C=C\C/C=C\CCC(=O)NC(COP(=O)(O)OCC[N+](C)(C)C)C(/C=C\CCCCCCCCCCCC)OC(=O)CCCCCCCCC/C=C/C=C/C=C/CC. The molecule has 410 valence electrons. The lowest BCUT2D eigenvalue weighted by Gasteiger charge is -2.27. The zero-order valence-electron chi connectivity index (χ0n) is 46.6. The average molecular weight is 1020 g/mol. The van der Waals surface area contributed by atoms with Gasteiger partial charge in [0.25, 0.3) is 0 Å². The summed E-state index contributed by atoms with van der Waals surface area (Å²) in [6.45, 7) is 6.67. The number of nitrogens with one attached hydrogen (secondary N) is 1. The van der Waals surface area contributed by atoms with Gasteiger partial charge in [-0.05, 0) is 89.5 Å². The molecule has 0 rings (SSSR count). The standard InChI is InChI=1S/C62H105N2O7P/c1-7-10-13-16-19-22-25-28-30-31-32-33-35-36-39-42-45-48-51-54-61(65)63-59(58-70-72(67,68)69-57-56-64(4,5)6)60(53-50-47-44-41-38-27-24-21-18-15-12-9-3)71-62(66)55-52-49-46-43-40-37-34-29-26-23-20-17-14-11-8-2/h10-11,13-14,17,19-20,22-23,26,28,30,32-33,36,39,45,48,50,53,59-60H,7-9,12,15-16,18,21,24-25,27,29,31,34-35,37-38,40-44,46-47,49,51-52,54-58H2,1-6H3,(H-,63,65,67,68)/p+1/b13-10-,14-11+,20-17+,22-19-,26-23+,30-28-,33-32-,39-36-,48-45-,53-50-. The number of carbonyl (C=O) groups is 2. The minimum Gasteiger partial charge on any atom is -0.456 e. The zero-order chi connectivity index (χ0) is 52.9. The second kappa shape index (κ2) is 50.9. The monoisotopic (exact) mass is 1020 g/mol. The molecule has 0 saturated heterocycles. The number of carbonyl (C=O) groups excluding carboxylic acids is 2. The highest BCUT2D eigenvalue weighted by atomic mass is 31.2. The third-order valence-corrected chi connectivity index (χ3v) is 12.7. The van der Waals surface area contributed by atoms with E-state index < -0.39 is 20.0 Å². The van der Waals surface area contributed by atoms with E-state index in [-0.39, 0.29) is 37.9 Å². The summed E-state index contributed by atoms with van der Waals surface area (Å²) in [5, 5.41) is 2.99. The number of ether oxygens (including phenoxy) is 1. The Hall–Kier alpha value is -3.59. The largest absolute Gasteiger partial charge is 0.472 e. The highest BCUT2D eigenvalue weighted by molar-refractivity contribution is 7.47. The number of likely N-dealkylation sites (N-methyl/N-ethyl adjacent to an activating group) is 1. The quantitative estimate of drug-likeness (QED) is 0.0156. The minimum atomic E-state index is -4.47. The fourth-order valence-corrected chi connectivity index (χ4v) is 8.11. The summed E-state index contributed by atoms with van der Waals surface area (Å²) in [6.07, 6.45) is 70.7. The molecule has 0 spiro atoms. The number of amides is 1. The molecule has 1 amide bonds. The lowest BCUT2D eigenvalue weighted by atomic mass is 10.1. The summed E-state index contributed by atoms with van der Waals surface area (Å²) < 4.78 is 30.5. The number of phosphoric acid groups is 1. The van der Waals surface area contributed by atoms with Crippen molar-refractivity contribution in [3.05, 3.63) is 122 Å². The Morgan fingerprint density at radius 3 is 1.49 bits per heavy atom. The van der Waals surface area contributed by atoms with E-state index in [1.165, 1.54) is 70.6 Å². The molecule has 0 aromatic rings. The van der Waals surface area contributed by atoms with Gasteiger partial charge in [-0.15, -0.1) is 0 Å². The molecule has 9 nitrogen and oxygen atoms in total. The number of quaternary nitrogens is 1. The van der Waals surface area contributed by atoms with Crippen molar-refractivity contribution in [3.8, 4) is 0 Å². The molecular formula is C62H106N2O7P+. The lowest BCUT2D eigenvalue weighted by Crippen LogP contribution is -2.47. The Kier molecular flexibility index (Phi) is 48.4. The molecule has 10 heteroatoms. The molecule has 0 saturated carbocycles. The Morgan fingerprint density at radius 1 is 0.514 bits per heavy atom. The molecule has 0 radical (unpaired) electrons. The van der Waals surface area contributed by atoms with E-state index in [4.69, 9.17) is 13.8 Å². The van der Waals surface area contributed by atoms with Gasteiger partial charge < -0.3 is 19.4 Å². The first-order chi connectivity index (χ1) is 34.9. The van der Waals surface area contributed by atoms with Crippen molar-refractivity contribution < 1.29 is 37.3 Å². The van der Waals surface area contributed by atoms with Crippen molar-refractivity contribution in [2.75, 3.05) is 40.9 Å². The van der Waals surface area contributed by atoms with Crippen LogP contribution in [-0.4, -0.2) is 74.3 Å². The van der Waals surface area contributed by atoms with E-state index in [0.29, 0.717) is 23.9 Å². The second-order valence-corrected chi connectivity index (χ2v) is 21.2. The number of hydrogen-bond donors (Lipinski definition) is 2. The average Bonchev–Trinajstić information content (AvgIpc) is 3.34. The van der Waals surface area contributed by atoms with Gasteiger partial charge in [0.1, 0.15) is 19.3 Å². The number of hydrogen-bond acceptors (Lipinski definition) is 6. The van der Waals surface area contributed by atoms with E-state index in [0.717, 1.165) is 89.9 Å². The summed E-state index contributed by atoms with van der Waals surface area (Å²) in [7, 11) is 1.42. The normalized spacial score (nSPS) is 14.7. The Bertz CT molecular complexity index is 1650. The summed E-state index contributed by atoms with van der Waals surface area (Å²) in [6, 6.07) is -0.901. The molecule has 3 atom stereocenters. The van der Waals surface area contributed by atoms with Crippen LogP contribution in [0.2, 0.25) is 0 Å². The van der Waals surface area contributed by atoms with Crippen LogP contribution in [0.25, 0.3) is 0 Å². The van der Waals surface area contributed by atoms with E-state index in [1.54, 1.807) is 0 Å². The first-order valence-electron chi connectivity index (χ1n) is 28.4. The molecule has 0 aliphatic heterocycles. The third-order valence-electron chi connectivity index (χ3n) is 11.7. The lowest BCUT2D eigenvalue weighted by molar-refractivity contribution is -0.870. The van der Waals surface area contributed by atoms with Gasteiger partial charge in [-0.3, -0.25) is 18.6 Å². The van der Waals surface area contributed by atoms with Crippen molar-refractivity contribution >= 4 is 19.7 Å². The van der Waals surface area contributed by atoms with Crippen LogP contribution in [-0.2, 0) is 27.9 Å². The molecule has 2 N–H and O–H groups in total. The van der Waals surface area contributed by atoms with Gasteiger partial charge in [0.2, 0.25) is 5.91 Å². The smallest absolute Gasteiger partial charge is 0.456 e.